The topological polar surface area (TPSA) is 156 Å². The van der Waals surface area contributed by atoms with E-state index in [1.54, 1.807) is 18.2 Å². The van der Waals surface area contributed by atoms with Crippen molar-refractivity contribution in [2.24, 2.45) is 11.8 Å². The van der Waals surface area contributed by atoms with E-state index in [0.29, 0.717) is 22.3 Å². The second-order valence-corrected chi connectivity index (χ2v) is 9.07. The van der Waals surface area contributed by atoms with Crippen molar-refractivity contribution in [1.29, 1.82) is 0 Å². The van der Waals surface area contributed by atoms with Crippen LogP contribution in [-0.2, 0) is 9.59 Å². The number of phenols is 6. The summed E-state index contributed by atoms with van der Waals surface area (Å²) >= 11 is 0. The molecule has 0 saturated heterocycles. The van der Waals surface area contributed by atoms with Gasteiger partial charge in [-0.2, -0.15) is 0 Å². The molecule has 2 aliphatic carbocycles. The number of phenolic OH excluding ortho intramolecular Hbond substituents is 6. The molecule has 1 saturated carbocycles. The van der Waals surface area contributed by atoms with Gasteiger partial charge >= 0.3 is 0 Å². The van der Waals surface area contributed by atoms with Gasteiger partial charge in [-0.25, -0.2) is 0 Å². The second kappa shape index (κ2) is 8.49. The number of ketones is 2. The molecule has 2 aliphatic rings. The van der Waals surface area contributed by atoms with Crippen molar-refractivity contribution >= 4 is 17.6 Å². The molecule has 182 valence electrons. The Hall–Kier alpha value is -4.72. The highest BCUT2D eigenvalue weighted by molar-refractivity contribution is 6.15. The summed E-state index contributed by atoms with van der Waals surface area (Å²) in [5, 5.41) is 59.6. The van der Waals surface area contributed by atoms with Crippen LogP contribution in [0.4, 0.5) is 0 Å². The first-order chi connectivity index (χ1) is 17.1. The minimum absolute atomic E-state index is 0.210. The molecule has 6 N–H and O–H groups in total. The number of hydrogen-bond donors (Lipinski definition) is 6. The fourth-order valence-electron chi connectivity index (χ4n) is 5.34. The van der Waals surface area contributed by atoms with E-state index in [-0.39, 0.29) is 34.5 Å². The van der Waals surface area contributed by atoms with Crippen LogP contribution in [0.5, 0.6) is 34.5 Å². The van der Waals surface area contributed by atoms with Gasteiger partial charge in [-0.15, -0.1) is 0 Å². The zero-order chi connectivity index (χ0) is 25.7. The summed E-state index contributed by atoms with van der Waals surface area (Å²) in [5.74, 6) is -5.79. The van der Waals surface area contributed by atoms with E-state index >= 15 is 0 Å². The van der Waals surface area contributed by atoms with Gasteiger partial charge in [0.15, 0.2) is 34.6 Å². The maximum absolute atomic E-state index is 13.6. The summed E-state index contributed by atoms with van der Waals surface area (Å²) in [4.78, 5) is 26.8. The number of rotatable bonds is 4. The van der Waals surface area contributed by atoms with Crippen LogP contribution in [0.15, 0.2) is 72.3 Å². The third-order valence-corrected chi connectivity index (χ3v) is 6.85. The standard InChI is InChI=1S/C28H22O8/c29-17-8-16(9-18(30)12-17)25-24(14-4-6-20(32)22(34)10-14)27-23(35)11-15(26(25)28(27)36)3-1-13-2-5-19(31)21(33)7-13/h1-12,24-27,29-34H/b3-1+/t24-,25-,26+,27-/m1/s1. The van der Waals surface area contributed by atoms with Gasteiger partial charge in [0.2, 0.25) is 0 Å². The molecule has 3 aromatic carbocycles. The summed E-state index contributed by atoms with van der Waals surface area (Å²) in [6.07, 6.45) is 4.58. The van der Waals surface area contributed by atoms with Crippen molar-refractivity contribution in [1.82, 2.24) is 0 Å². The van der Waals surface area contributed by atoms with Gasteiger partial charge in [-0.3, -0.25) is 9.59 Å². The summed E-state index contributed by atoms with van der Waals surface area (Å²) in [6, 6.07) is 12.4. The lowest BCUT2D eigenvalue weighted by Crippen LogP contribution is -2.29. The number of Topliss-reactive ketones (excluding diaryl/α,β-unsaturated/α-hetero) is 1. The van der Waals surface area contributed by atoms with Crippen LogP contribution >= 0.6 is 0 Å². The van der Waals surface area contributed by atoms with Gasteiger partial charge in [0, 0.05) is 17.9 Å². The Balaban J connectivity index is 1.64. The lowest BCUT2D eigenvalue weighted by molar-refractivity contribution is -0.130. The summed E-state index contributed by atoms with van der Waals surface area (Å²) in [7, 11) is 0. The molecule has 8 heteroatoms. The van der Waals surface area contributed by atoms with Gasteiger partial charge in [0.05, 0.1) is 11.8 Å². The lowest BCUT2D eigenvalue weighted by atomic mass is 9.77. The van der Waals surface area contributed by atoms with E-state index in [4.69, 9.17) is 0 Å². The molecule has 0 spiro atoms. The van der Waals surface area contributed by atoms with Gasteiger partial charge in [-0.1, -0.05) is 24.3 Å². The minimum Gasteiger partial charge on any atom is -0.508 e. The Labute approximate surface area is 205 Å². The molecule has 2 bridgehead atoms. The molecule has 0 heterocycles. The van der Waals surface area contributed by atoms with Crippen LogP contribution in [0.25, 0.3) is 6.08 Å². The summed E-state index contributed by atoms with van der Waals surface area (Å²) in [5.41, 5.74) is 1.82. The smallest absolute Gasteiger partial charge is 0.167 e. The van der Waals surface area contributed by atoms with E-state index in [1.807, 2.05) is 0 Å². The van der Waals surface area contributed by atoms with Crippen LogP contribution in [0.2, 0.25) is 0 Å². The second-order valence-electron chi connectivity index (χ2n) is 9.07. The summed E-state index contributed by atoms with van der Waals surface area (Å²) < 4.78 is 0. The fraction of sp³-hybridized carbons (Fsp3) is 0.143. The molecule has 0 radical (unpaired) electrons. The zero-order valence-corrected chi connectivity index (χ0v) is 18.7. The number of allylic oxidation sites excluding steroid dienone is 3. The first-order valence-corrected chi connectivity index (χ1v) is 11.2. The van der Waals surface area contributed by atoms with E-state index in [9.17, 15) is 40.2 Å². The van der Waals surface area contributed by atoms with Crippen LogP contribution in [0.1, 0.15) is 28.5 Å². The molecule has 1 fully saturated rings. The Bertz CT molecular complexity index is 1450. The monoisotopic (exact) mass is 486 g/mol. The van der Waals surface area contributed by atoms with Crippen LogP contribution < -0.4 is 0 Å². The van der Waals surface area contributed by atoms with Crippen molar-refractivity contribution in [3.8, 4) is 34.5 Å². The van der Waals surface area contributed by atoms with Gasteiger partial charge in [0.25, 0.3) is 0 Å². The van der Waals surface area contributed by atoms with Crippen molar-refractivity contribution in [2.45, 2.75) is 11.8 Å². The Morgan fingerprint density at radius 3 is 1.83 bits per heavy atom. The molecule has 0 amide bonds. The average Bonchev–Trinajstić information content (AvgIpc) is 3.05. The van der Waals surface area contributed by atoms with E-state index < -0.39 is 35.2 Å². The number of hydrogen-bond acceptors (Lipinski definition) is 8. The maximum atomic E-state index is 13.6. The number of aromatic hydroxyl groups is 6. The van der Waals surface area contributed by atoms with Crippen molar-refractivity contribution in [3.05, 3.63) is 89.0 Å². The molecule has 3 aromatic rings. The Morgan fingerprint density at radius 2 is 1.19 bits per heavy atom. The minimum atomic E-state index is -1.05. The van der Waals surface area contributed by atoms with Gasteiger partial charge < -0.3 is 30.6 Å². The Morgan fingerprint density at radius 1 is 0.583 bits per heavy atom. The predicted octanol–water partition coefficient (Wildman–Crippen LogP) is 3.83. The quantitative estimate of drug-likeness (QED) is 0.240. The third kappa shape index (κ3) is 3.82. The predicted molar refractivity (Wildman–Crippen MR) is 129 cm³/mol. The molecule has 4 atom stereocenters. The SMILES string of the molecule is O=C1C=C(/C=C/c2ccc(O)c(O)c2)[C@@H]2C(=O)[C@H]1[C@H](c1ccc(O)c(O)c1)[C@H]2c1cc(O)cc(O)c1. The molecule has 0 unspecified atom stereocenters. The van der Waals surface area contributed by atoms with Crippen molar-refractivity contribution in [3.63, 3.8) is 0 Å². The average molecular weight is 486 g/mol. The van der Waals surface area contributed by atoms with Crippen LogP contribution in [0, 0.1) is 11.8 Å². The maximum Gasteiger partial charge on any atom is 0.167 e. The molecule has 8 nitrogen and oxygen atoms in total. The number of benzene rings is 3. The number of fused-ring (bicyclic) bond motifs is 2. The van der Waals surface area contributed by atoms with Crippen LogP contribution in [-0.4, -0.2) is 42.2 Å². The molecular formula is C28H22O8. The summed E-state index contributed by atoms with van der Waals surface area (Å²) in [6.45, 7) is 0. The van der Waals surface area contributed by atoms with E-state index in [0.717, 1.165) is 6.07 Å². The molecule has 0 aromatic heterocycles. The first kappa shape index (κ1) is 23.0. The van der Waals surface area contributed by atoms with Crippen LogP contribution in [0.3, 0.4) is 0 Å². The van der Waals surface area contributed by atoms with Crippen molar-refractivity contribution in [2.75, 3.05) is 0 Å². The lowest BCUT2D eigenvalue weighted by Gasteiger charge is -2.25. The number of carbonyl (C=O) groups excluding carboxylic acids is 2. The fourth-order valence-corrected chi connectivity index (χ4v) is 5.34. The largest absolute Gasteiger partial charge is 0.508 e. The third-order valence-electron chi connectivity index (χ3n) is 6.85. The number of carbonyl (C=O) groups is 2. The highest BCUT2D eigenvalue weighted by atomic mass is 16.3. The molecule has 36 heavy (non-hydrogen) atoms. The van der Waals surface area contributed by atoms with E-state index in [1.165, 1.54) is 48.5 Å². The van der Waals surface area contributed by atoms with Gasteiger partial charge in [0.1, 0.15) is 11.5 Å². The zero-order valence-electron chi connectivity index (χ0n) is 18.7. The molecule has 5 rings (SSSR count). The van der Waals surface area contributed by atoms with Crippen molar-refractivity contribution < 1.29 is 40.2 Å². The molecule has 0 aliphatic heterocycles. The highest BCUT2D eigenvalue weighted by Crippen LogP contribution is 2.57. The van der Waals surface area contributed by atoms with Gasteiger partial charge in [-0.05, 0) is 64.7 Å². The normalized spacial score (nSPS) is 23.3. The Kier molecular flexibility index (Phi) is 5.44. The molecular weight excluding hydrogens is 464 g/mol. The first-order valence-electron chi connectivity index (χ1n) is 11.2. The van der Waals surface area contributed by atoms with E-state index in [2.05, 4.69) is 0 Å². The highest BCUT2D eigenvalue weighted by Gasteiger charge is 2.56.